The van der Waals surface area contributed by atoms with E-state index in [9.17, 15) is 0 Å². The lowest BCUT2D eigenvalue weighted by atomic mass is 10.1. The van der Waals surface area contributed by atoms with E-state index in [1.807, 2.05) is 18.2 Å². The lowest BCUT2D eigenvalue weighted by Gasteiger charge is -2.27. The molecule has 1 aromatic rings. The van der Waals surface area contributed by atoms with Gasteiger partial charge in [-0.3, -0.25) is 4.99 Å². The highest BCUT2D eigenvalue weighted by atomic mass is 127. The first-order chi connectivity index (χ1) is 9.18. The SMILES string of the molecule is CN(C)C(CNC1=NCCCN1)c1ccccc1Cl.I. The van der Waals surface area contributed by atoms with Gasteiger partial charge >= 0.3 is 0 Å². The van der Waals surface area contributed by atoms with E-state index < -0.39 is 0 Å². The van der Waals surface area contributed by atoms with Gasteiger partial charge in [0, 0.05) is 24.7 Å². The molecule has 0 aromatic heterocycles. The number of rotatable bonds is 4. The number of guanidine groups is 1. The van der Waals surface area contributed by atoms with Crippen LogP contribution in [0.25, 0.3) is 0 Å². The predicted molar refractivity (Wildman–Crippen MR) is 96.2 cm³/mol. The van der Waals surface area contributed by atoms with Gasteiger partial charge in [0.25, 0.3) is 0 Å². The summed E-state index contributed by atoms with van der Waals surface area (Å²) in [6, 6.07) is 8.21. The van der Waals surface area contributed by atoms with E-state index in [4.69, 9.17) is 11.6 Å². The Morgan fingerprint density at radius 3 is 2.75 bits per heavy atom. The van der Waals surface area contributed by atoms with Crippen molar-refractivity contribution in [2.45, 2.75) is 12.5 Å². The number of nitrogens with one attached hydrogen (secondary N) is 2. The molecule has 0 aliphatic carbocycles. The second kappa shape index (κ2) is 8.69. The Balaban J connectivity index is 0.00000200. The lowest BCUT2D eigenvalue weighted by molar-refractivity contribution is 0.298. The molecule has 112 valence electrons. The van der Waals surface area contributed by atoms with Crippen molar-refractivity contribution < 1.29 is 0 Å². The third-order valence-corrected chi connectivity index (χ3v) is 3.59. The number of hydrogen-bond donors (Lipinski definition) is 2. The molecule has 1 aromatic carbocycles. The van der Waals surface area contributed by atoms with Crippen molar-refractivity contribution in [3.63, 3.8) is 0 Å². The standard InChI is InChI=1S/C14H21ClN4.HI/c1-19(2)13(11-6-3-4-7-12(11)15)10-18-14-16-8-5-9-17-14;/h3-4,6-7,13H,5,8-10H2,1-2H3,(H2,16,17,18);1H. The van der Waals surface area contributed by atoms with Gasteiger partial charge in [-0.15, -0.1) is 24.0 Å². The first-order valence-corrected chi connectivity index (χ1v) is 6.99. The zero-order valence-corrected chi connectivity index (χ0v) is 15.0. The molecule has 0 spiro atoms. The molecule has 4 nitrogen and oxygen atoms in total. The Morgan fingerprint density at radius 2 is 2.15 bits per heavy atom. The van der Waals surface area contributed by atoms with Gasteiger partial charge in [-0.2, -0.15) is 0 Å². The zero-order chi connectivity index (χ0) is 13.7. The average Bonchev–Trinajstić information content (AvgIpc) is 2.42. The average molecular weight is 409 g/mol. The smallest absolute Gasteiger partial charge is 0.191 e. The molecule has 2 rings (SSSR count). The minimum atomic E-state index is 0. The molecule has 1 aliphatic heterocycles. The Hall–Kier alpha value is -0.530. The van der Waals surface area contributed by atoms with Gasteiger partial charge in [0.15, 0.2) is 5.96 Å². The number of nitrogens with zero attached hydrogens (tertiary/aromatic N) is 2. The third kappa shape index (κ3) is 4.79. The predicted octanol–water partition coefficient (Wildman–Crippen LogP) is 2.50. The van der Waals surface area contributed by atoms with Crippen molar-refractivity contribution in [3.05, 3.63) is 34.9 Å². The molecule has 0 saturated carbocycles. The van der Waals surface area contributed by atoms with Crippen LogP contribution >= 0.6 is 35.6 Å². The Labute approximate surface area is 143 Å². The number of benzene rings is 1. The van der Waals surface area contributed by atoms with Crippen LogP contribution < -0.4 is 10.6 Å². The van der Waals surface area contributed by atoms with E-state index >= 15 is 0 Å². The van der Waals surface area contributed by atoms with Crippen LogP contribution in [0.15, 0.2) is 29.3 Å². The van der Waals surface area contributed by atoms with Crippen molar-refractivity contribution in [3.8, 4) is 0 Å². The van der Waals surface area contributed by atoms with Gasteiger partial charge < -0.3 is 15.5 Å². The van der Waals surface area contributed by atoms with Gasteiger partial charge in [-0.25, -0.2) is 0 Å². The first-order valence-electron chi connectivity index (χ1n) is 6.61. The van der Waals surface area contributed by atoms with E-state index in [2.05, 4.69) is 40.7 Å². The molecule has 1 atom stereocenters. The van der Waals surface area contributed by atoms with E-state index in [1.165, 1.54) is 0 Å². The fraction of sp³-hybridized carbons (Fsp3) is 0.500. The fourth-order valence-electron chi connectivity index (χ4n) is 2.16. The molecule has 6 heteroatoms. The van der Waals surface area contributed by atoms with Gasteiger partial charge in [-0.1, -0.05) is 29.8 Å². The molecule has 0 saturated heterocycles. The highest BCUT2D eigenvalue weighted by Crippen LogP contribution is 2.25. The molecule has 2 N–H and O–H groups in total. The highest BCUT2D eigenvalue weighted by Gasteiger charge is 2.17. The summed E-state index contributed by atoms with van der Waals surface area (Å²) in [7, 11) is 4.12. The lowest BCUT2D eigenvalue weighted by Crippen LogP contribution is -2.44. The minimum absolute atomic E-state index is 0. The first kappa shape index (κ1) is 17.5. The summed E-state index contributed by atoms with van der Waals surface area (Å²) in [5.41, 5.74) is 1.14. The zero-order valence-electron chi connectivity index (χ0n) is 11.9. The largest absolute Gasteiger partial charge is 0.356 e. The maximum atomic E-state index is 6.28. The maximum Gasteiger partial charge on any atom is 0.191 e. The summed E-state index contributed by atoms with van der Waals surface area (Å²) in [5.74, 6) is 0.894. The number of likely N-dealkylation sites (N-methyl/N-ethyl adjacent to an activating group) is 1. The molecular formula is C14H22ClIN4. The van der Waals surface area contributed by atoms with E-state index in [0.717, 1.165) is 42.6 Å². The summed E-state index contributed by atoms with van der Waals surface area (Å²) < 4.78 is 0. The minimum Gasteiger partial charge on any atom is -0.356 e. The van der Waals surface area contributed by atoms with E-state index in [-0.39, 0.29) is 30.0 Å². The molecule has 0 bridgehead atoms. The van der Waals surface area contributed by atoms with Crippen molar-refractivity contribution >= 4 is 41.5 Å². The second-order valence-corrected chi connectivity index (χ2v) is 5.30. The van der Waals surface area contributed by atoms with Crippen LogP contribution in [0, 0.1) is 0 Å². The van der Waals surface area contributed by atoms with Crippen LogP contribution in [0.3, 0.4) is 0 Å². The molecule has 0 radical (unpaired) electrons. The molecule has 1 heterocycles. The summed E-state index contributed by atoms with van der Waals surface area (Å²) in [4.78, 5) is 6.58. The van der Waals surface area contributed by atoms with Crippen molar-refractivity contribution in [1.29, 1.82) is 0 Å². The molecule has 0 fully saturated rings. The number of hydrogen-bond acceptors (Lipinski definition) is 4. The number of aliphatic imine (C=N–C) groups is 1. The Bertz CT molecular complexity index is 451. The summed E-state index contributed by atoms with van der Waals surface area (Å²) in [6.07, 6.45) is 1.10. The molecule has 1 aliphatic rings. The van der Waals surface area contributed by atoms with E-state index in [0.29, 0.717) is 0 Å². The van der Waals surface area contributed by atoms with Crippen molar-refractivity contribution in [1.82, 2.24) is 15.5 Å². The van der Waals surface area contributed by atoms with Crippen LogP contribution in [-0.2, 0) is 0 Å². The van der Waals surface area contributed by atoms with Crippen LogP contribution in [0.1, 0.15) is 18.0 Å². The fourth-order valence-corrected chi connectivity index (χ4v) is 2.42. The Morgan fingerprint density at radius 1 is 1.40 bits per heavy atom. The van der Waals surface area contributed by atoms with Gasteiger partial charge in [0.05, 0.1) is 6.04 Å². The summed E-state index contributed by atoms with van der Waals surface area (Å²) >= 11 is 6.28. The van der Waals surface area contributed by atoms with Crippen LogP contribution in [0.4, 0.5) is 0 Å². The summed E-state index contributed by atoms with van der Waals surface area (Å²) in [5, 5.41) is 7.44. The van der Waals surface area contributed by atoms with Crippen molar-refractivity contribution in [2.75, 3.05) is 33.7 Å². The quantitative estimate of drug-likeness (QED) is 0.752. The van der Waals surface area contributed by atoms with Crippen LogP contribution in [-0.4, -0.2) is 44.6 Å². The molecule has 0 amide bonds. The van der Waals surface area contributed by atoms with Crippen molar-refractivity contribution in [2.24, 2.45) is 4.99 Å². The molecule has 1 unspecified atom stereocenters. The Kier molecular flexibility index (Phi) is 7.61. The topological polar surface area (TPSA) is 39.7 Å². The van der Waals surface area contributed by atoms with Crippen LogP contribution in [0.2, 0.25) is 5.02 Å². The van der Waals surface area contributed by atoms with Gasteiger partial charge in [-0.05, 0) is 32.1 Å². The second-order valence-electron chi connectivity index (χ2n) is 4.89. The monoisotopic (exact) mass is 408 g/mol. The number of halogens is 2. The summed E-state index contributed by atoms with van der Waals surface area (Å²) in [6.45, 7) is 2.67. The molecule has 20 heavy (non-hydrogen) atoms. The van der Waals surface area contributed by atoms with Crippen LogP contribution in [0.5, 0.6) is 0 Å². The normalized spacial score (nSPS) is 15.9. The van der Waals surface area contributed by atoms with E-state index in [1.54, 1.807) is 0 Å². The maximum absolute atomic E-state index is 6.28. The molecular weight excluding hydrogens is 387 g/mol. The third-order valence-electron chi connectivity index (χ3n) is 3.25. The van der Waals surface area contributed by atoms with Gasteiger partial charge in [0.1, 0.15) is 0 Å². The van der Waals surface area contributed by atoms with Gasteiger partial charge in [0.2, 0.25) is 0 Å². The highest BCUT2D eigenvalue weighted by molar-refractivity contribution is 14.0.